The van der Waals surface area contributed by atoms with Gasteiger partial charge in [0.15, 0.2) is 0 Å². The predicted molar refractivity (Wildman–Crippen MR) is 103 cm³/mol. The van der Waals surface area contributed by atoms with Gasteiger partial charge in [-0.15, -0.1) is 0 Å². The molecule has 0 unspecified atom stereocenters. The number of nitrogens with zero attached hydrogens (tertiary/aromatic N) is 3. The van der Waals surface area contributed by atoms with Gasteiger partial charge in [-0.1, -0.05) is 24.3 Å². The highest BCUT2D eigenvalue weighted by Gasteiger charge is 2.67. The molecule has 5 aliphatic rings. The Morgan fingerprint density at radius 1 is 1.03 bits per heavy atom. The number of allylic oxidation sites excluding steroid dienone is 2. The van der Waals surface area contributed by atoms with Gasteiger partial charge in [-0.25, -0.2) is 0 Å². The van der Waals surface area contributed by atoms with Gasteiger partial charge < -0.3 is 4.42 Å². The van der Waals surface area contributed by atoms with Gasteiger partial charge in [0.25, 0.3) is 11.8 Å². The third-order valence-electron chi connectivity index (χ3n) is 6.88. The summed E-state index contributed by atoms with van der Waals surface area (Å²) < 4.78 is 5.78. The highest BCUT2D eigenvalue weighted by Crippen LogP contribution is 2.65. The van der Waals surface area contributed by atoms with E-state index in [1.54, 1.807) is 24.3 Å². The summed E-state index contributed by atoms with van der Waals surface area (Å²) in [6, 6.07) is 12.8. The van der Waals surface area contributed by atoms with E-state index < -0.39 is 0 Å². The Bertz CT molecular complexity index is 1120. The molecule has 4 aliphatic carbocycles. The van der Waals surface area contributed by atoms with Gasteiger partial charge in [-0.3, -0.25) is 9.59 Å². The maximum Gasteiger partial charge on any atom is 0.254 e. The van der Waals surface area contributed by atoms with Crippen LogP contribution in [0.3, 0.4) is 0 Å². The van der Waals surface area contributed by atoms with E-state index in [1.807, 2.05) is 12.1 Å². The largest absolute Gasteiger partial charge is 0.455 e. The smallest absolute Gasteiger partial charge is 0.254 e. The number of rotatable bonds is 3. The minimum Gasteiger partial charge on any atom is -0.455 e. The van der Waals surface area contributed by atoms with Crippen molar-refractivity contribution < 1.29 is 14.0 Å². The number of hydrogen-bond donors (Lipinski definition) is 0. The van der Waals surface area contributed by atoms with Crippen molar-refractivity contribution >= 4 is 18.0 Å². The van der Waals surface area contributed by atoms with Crippen LogP contribution in [0.1, 0.15) is 17.7 Å². The molecule has 3 fully saturated rings. The third-order valence-corrected chi connectivity index (χ3v) is 6.88. The Balaban J connectivity index is 1.26. The van der Waals surface area contributed by atoms with Crippen molar-refractivity contribution in [3.05, 3.63) is 59.9 Å². The Morgan fingerprint density at radius 3 is 2.41 bits per heavy atom. The van der Waals surface area contributed by atoms with Gasteiger partial charge in [0.2, 0.25) is 0 Å². The Hall–Kier alpha value is -3.46. The fourth-order valence-corrected chi connectivity index (χ4v) is 5.53. The molecule has 6 nitrogen and oxygen atoms in total. The Morgan fingerprint density at radius 2 is 1.72 bits per heavy atom. The highest BCUT2D eigenvalue weighted by atomic mass is 16.3. The molecule has 6 heteroatoms. The number of hydrogen-bond acceptors (Lipinski definition) is 5. The van der Waals surface area contributed by atoms with E-state index in [0.29, 0.717) is 34.5 Å². The molecule has 142 valence electrons. The van der Waals surface area contributed by atoms with Gasteiger partial charge in [0.1, 0.15) is 11.5 Å². The lowest BCUT2D eigenvalue weighted by Crippen LogP contribution is -2.40. The van der Waals surface area contributed by atoms with Crippen molar-refractivity contribution in [2.75, 3.05) is 0 Å². The first-order chi connectivity index (χ1) is 14.2. The van der Waals surface area contributed by atoms with E-state index in [-0.39, 0.29) is 35.5 Å². The molecular weight excluding hydrogens is 366 g/mol. The average molecular weight is 383 g/mol. The number of carbonyl (C=O) groups is 2. The molecule has 0 radical (unpaired) electrons. The van der Waals surface area contributed by atoms with Crippen LogP contribution in [0.2, 0.25) is 0 Å². The van der Waals surface area contributed by atoms with E-state index in [9.17, 15) is 14.9 Å². The lowest BCUT2D eigenvalue weighted by atomic mass is 9.63. The van der Waals surface area contributed by atoms with Crippen LogP contribution in [0.4, 0.5) is 0 Å². The van der Waals surface area contributed by atoms with E-state index in [4.69, 9.17) is 4.42 Å². The second kappa shape index (κ2) is 5.77. The molecule has 0 N–H and O–H groups in total. The van der Waals surface area contributed by atoms with Crippen molar-refractivity contribution in [3.63, 3.8) is 0 Å². The summed E-state index contributed by atoms with van der Waals surface area (Å²) in [7, 11) is 0. The van der Waals surface area contributed by atoms with Crippen LogP contribution in [0.5, 0.6) is 0 Å². The van der Waals surface area contributed by atoms with Crippen LogP contribution in [0, 0.1) is 46.8 Å². The lowest BCUT2D eigenvalue weighted by Gasteiger charge is -2.37. The quantitative estimate of drug-likeness (QED) is 0.463. The van der Waals surface area contributed by atoms with E-state index in [2.05, 4.69) is 23.3 Å². The molecule has 2 heterocycles. The first-order valence-electron chi connectivity index (χ1n) is 9.87. The number of nitriles is 1. The van der Waals surface area contributed by atoms with Crippen molar-refractivity contribution in [2.45, 2.75) is 6.42 Å². The average Bonchev–Trinajstić information content (AvgIpc) is 3.39. The topological polar surface area (TPSA) is 86.7 Å². The predicted octanol–water partition coefficient (Wildman–Crippen LogP) is 3.21. The number of amides is 2. The fraction of sp³-hybridized carbons (Fsp3) is 0.304. The van der Waals surface area contributed by atoms with Gasteiger partial charge in [0.05, 0.1) is 29.7 Å². The molecule has 1 aromatic carbocycles. The minimum atomic E-state index is -0.256. The lowest BCUT2D eigenvalue weighted by molar-refractivity contribution is -0.140. The van der Waals surface area contributed by atoms with Crippen LogP contribution in [-0.2, 0) is 9.59 Å². The molecule has 0 spiro atoms. The highest BCUT2D eigenvalue weighted by molar-refractivity contribution is 6.06. The normalized spacial score (nSPS) is 33.8. The summed E-state index contributed by atoms with van der Waals surface area (Å²) in [4.78, 5) is 25.9. The second-order valence-electron chi connectivity index (χ2n) is 8.25. The first-order valence-corrected chi connectivity index (χ1v) is 9.87. The van der Waals surface area contributed by atoms with Gasteiger partial charge in [0, 0.05) is 5.56 Å². The summed E-state index contributed by atoms with van der Waals surface area (Å²) in [6.07, 6.45) is 6.83. The zero-order chi connectivity index (χ0) is 19.7. The molecule has 2 saturated carbocycles. The van der Waals surface area contributed by atoms with Crippen molar-refractivity contribution in [1.29, 1.82) is 5.26 Å². The summed E-state index contributed by atoms with van der Waals surface area (Å²) in [6.45, 7) is 0. The van der Waals surface area contributed by atoms with Crippen LogP contribution < -0.4 is 0 Å². The molecule has 2 bridgehead atoms. The summed E-state index contributed by atoms with van der Waals surface area (Å²) in [5.74, 6) is 1.57. The van der Waals surface area contributed by atoms with Gasteiger partial charge in [-0.2, -0.15) is 15.4 Å². The number of benzene rings is 1. The molecule has 2 aromatic rings. The van der Waals surface area contributed by atoms with Crippen molar-refractivity contribution in [3.8, 4) is 17.4 Å². The maximum atomic E-state index is 12.9. The Labute approximate surface area is 167 Å². The van der Waals surface area contributed by atoms with E-state index >= 15 is 0 Å². The van der Waals surface area contributed by atoms with Crippen molar-refractivity contribution in [1.82, 2.24) is 5.01 Å². The van der Waals surface area contributed by atoms with Crippen LogP contribution in [0.25, 0.3) is 11.3 Å². The summed E-state index contributed by atoms with van der Waals surface area (Å²) >= 11 is 0. The van der Waals surface area contributed by atoms with Gasteiger partial charge >= 0.3 is 0 Å². The van der Waals surface area contributed by atoms with E-state index in [1.165, 1.54) is 6.21 Å². The molecule has 29 heavy (non-hydrogen) atoms. The SMILES string of the molecule is N#Cc1ccccc1-c1ccc(/C=N\N2C(=O)[C@@H]3[C@H]4C=C[C@@H]([C@@H]5C[C@@H]45)[C@@H]3C2=O)o1. The molecule has 1 aliphatic heterocycles. The number of carbonyl (C=O) groups excluding carboxylic acids is 2. The zero-order valence-corrected chi connectivity index (χ0v) is 15.4. The molecule has 1 saturated heterocycles. The zero-order valence-electron chi connectivity index (χ0n) is 15.4. The monoisotopic (exact) mass is 383 g/mol. The number of furan rings is 1. The minimum absolute atomic E-state index is 0.185. The molecule has 6 atom stereocenters. The number of hydrazone groups is 1. The standard InChI is InChI=1S/C23H17N3O3/c24-10-12-3-1-2-4-14(12)19-8-5-13(29-19)11-25-26-22(27)20-15-6-7-16(18-9-17(15)18)21(20)23(26)28/h1-8,11,15-18,20-21H,9H2/b25-11-/t15-,16-,17-,18-,20-,21+/m0/s1. The second-order valence-corrected chi connectivity index (χ2v) is 8.25. The van der Waals surface area contributed by atoms with Gasteiger partial charge in [-0.05, 0) is 54.4 Å². The van der Waals surface area contributed by atoms with E-state index in [0.717, 1.165) is 11.4 Å². The summed E-state index contributed by atoms with van der Waals surface area (Å²) in [5, 5.41) is 14.5. The molecule has 1 aromatic heterocycles. The third kappa shape index (κ3) is 2.24. The van der Waals surface area contributed by atoms with Crippen molar-refractivity contribution in [2.24, 2.45) is 40.6 Å². The number of imide groups is 1. The first kappa shape index (κ1) is 16.5. The molecule has 7 rings (SSSR count). The molecule has 2 amide bonds. The maximum absolute atomic E-state index is 12.9. The van der Waals surface area contributed by atoms with Crippen LogP contribution >= 0.6 is 0 Å². The Kier molecular flexibility index (Phi) is 3.28. The van der Waals surface area contributed by atoms with Crippen LogP contribution in [0.15, 0.2) is 58.1 Å². The van der Waals surface area contributed by atoms with Crippen LogP contribution in [-0.4, -0.2) is 23.0 Å². The fourth-order valence-electron chi connectivity index (χ4n) is 5.53. The summed E-state index contributed by atoms with van der Waals surface area (Å²) in [5.41, 5.74) is 1.21. The molecular formula is C23H17N3O3.